The molecule has 0 atom stereocenters. The number of halogens is 1. The van der Waals surface area contributed by atoms with Crippen molar-refractivity contribution < 1.29 is 9.66 Å². The molecule has 5 heteroatoms. The van der Waals surface area contributed by atoms with Gasteiger partial charge in [-0.1, -0.05) is 39.0 Å². The van der Waals surface area contributed by atoms with Gasteiger partial charge in [-0.3, -0.25) is 10.1 Å². The summed E-state index contributed by atoms with van der Waals surface area (Å²) >= 11 is 3.34. The first kappa shape index (κ1) is 16.0. The Morgan fingerprint density at radius 3 is 2.58 bits per heavy atom. The predicted octanol–water partition coefficient (Wildman–Crippen LogP) is 5.10. The van der Waals surface area contributed by atoms with Crippen LogP contribution in [0.4, 0.5) is 5.69 Å². The first-order chi connectivity index (χ1) is 9.15. The van der Waals surface area contributed by atoms with Gasteiger partial charge in [0.25, 0.3) is 5.69 Å². The Kier molecular flexibility index (Phi) is 7.48. The highest BCUT2D eigenvalue weighted by atomic mass is 79.9. The minimum absolute atomic E-state index is 0.0566. The van der Waals surface area contributed by atoms with Gasteiger partial charge >= 0.3 is 0 Å². The van der Waals surface area contributed by atoms with Crippen LogP contribution in [0.15, 0.2) is 22.7 Å². The number of nitro groups is 1. The van der Waals surface area contributed by atoms with Crippen molar-refractivity contribution in [3.05, 3.63) is 32.8 Å². The monoisotopic (exact) mass is 329 g/mol. The van der Waals surface area contributed by atoms with Crippen LogP contribution in [0.25, 0.3) is 0 Å². The molecule has 106 valence electrons. The van der Waals surface area contributed by atoms with Crippen molar-refractivity contribution in [2.45, 2.75) is 45.4 Å². The van der Waals surface area contributed by atoms with E-state index in [2.05, 4.69) is 22.9 Å². The van der Waals surface area contributed by atoms with Crippen molar-refractivity contribution in [1.82, 2.24) is 0 Å². The molecule has 0 aliphatic heterocycles. The molecular formula is C14H20BrNO3. The van der Waals surface area contributed by atoms with Crippen LogP contribution in [0.1, 0.15) is 45.4 Å². The lowest BCUT2D eigenvalue weighted by Crippen LogP contribution is -1.99. The van der Waals surface area contributed by atoms with Gasteiger partial charge < -0.3 is 4.74 Å². The highest BCUT2D eigenvalue weighted by Gasteiger charge is 2.10. The number of hydrogen-bond donors (Lipinski definition) is 0. The minimum atomic E-state index is -0.413. The van der Waals surface area contributed by atoms with Crippen LogP contribution in [0.3, 0.4) is 0 Å². The molecule has 0 saturated heterocycles. The van der Waals surface area contributed by atoms with Crippen LogP contribution in [-0.2, 0) is 0 Å². The first-order valence-corrected chi connectivity index (χ1v) is 7.51. The molecule has 4 nitrogen and oxygen atoms in total. The molecule has 0 radical (unpaired) electrons. The van der Waals surface area contributed by atoms with E-state index in [0.717, 1.165) is 17.3 Å². The second-order valence-corrected chi connectivity index (χ2v) is 5.34. The fourth-order valence-corrected chi connectivity index (χ4v) is 2.14. The minimum Gasteiger partial charge on any atom is -0.492 e. The third-order valence-electron chi connectivity index (χ3n) is 2.88. The summed E-state index contributed by atoms with van der Waals surface area (Å²) in [5.41, 5.74) is 0.0566. The van der Waals surface area contributed by atoms with Gasteiger partial charge in [0, 0.05) is 6.07 Å². The van der Waals surface area contributed by atoms with E-state index in [1.54, 1.807) is 6.07 Å². The molecule has 1 rings (SSSR count). The molecule has 1 aromatic carbocycles. The molecule has 19 heavy (non-hydrogen) atoms. The van der Waals surface area contributed by atoms with Gasteiger partial charge in [0.05, 0.1) is 22.1 Å². The fourth-order valence-electron chi connectivity index (χ4n) is 1.78. The molecule has 0 aliphatic rings. The zero-order chi connectivity index (χ0) is 14.1. The summed E-state index contributed by atoms with van der Waals surface area (Å²) in [4.78, 5) is 10.3. The standard InChI is InChI=1S/C14H20BrNO3/c1-2-3-4-5-6-7-10-19-14-11-12(16(17)18)8-9-13(14)15/h8-9,11H,2-7,10H2,1H3. The molecule has 0 aromatic heterocycles. The van der Waals surface area contributed by atoms with Crippen LogP contribution in [0.2, 0.25) is 0 Å². The zero-order valence-corrected chi connectivity index (χ0v) is 12.8. The van der Waals surface area contributed by atoms with E-state index in [9.17, 15) is 10.1 Å². The van der Waals surface area contributed by atoms with Gasteiger partial charge in [-0.25, -0.2) is 0 Å². The molecule has 0 amide bonds. The molecule has 0 saturated carbocycles. The largest absolute Gasteiger partial charge is 0.492 e. The van der Waals surface area contributed by atoms with Crippen LogP contribution in [-0.4, -0.2) is 11.5 Å². The molecule has 0 aliphatic carbocycles. The summed E-state index contributed by atoms with van der Waals surface area (Å²) in [5.74, 6) is 0.544. The number of nitro benzene ring substituents is 1. The number of nitrogens with zero attached hydrogens (tertiary/aromatic N) is 1. The molecule has 0 fully saturated rings. The summed E-state index contributed by atoms with van der Waals surface area (Å²) in [6, 6.07) is 4.57. The van der Waals surface area contributed by atoms with Crippen molar-refractivity contribution in [3.8, 4) is 5.75 Å². The third-order valence-corrected chi connectivity index (χ3v) is 3.54. The lowest BCUT2D eigenvalue weighted by Gasteiger charge is -2.07. The predicted molar refractivity (Wildman–Crippen MR) is 79.7 cm³/mol. The molecule has 0 spiro atoms. The maximum Gasteiger partial charge on any atom is 0.273 e. The lowest BCUT2D eigenvalue weighted by atomic mass is 10.1. The SMILES string of the molecule is CCCCCCCCOc1cc([N+](=O)[O-])ccc1Br. The quantitative estimate of drug-likeness (QED) is 0.360. The number of hydrogen-bond acceptors (Lipinski definition) is 3. The Labute approximate surface area is 122 Å². The second kappa shape index (κ2) is 8.91. The Hall–Kier alpha value is -1.10. The lowest BCUT2D eigenvalue weighted by molar-refractivity contribution is -0.385. The maximum atomic E-state index is 10.7. The molecule has 0 bridgehead atoms. The topological polar surface area (TPSA) is 52.4 Å². The summed E-state index contributed by atoms with van der Waals surface area (Å²) in [6.45, 7) is 2.80. The average Bonchev–Trinajstić information content (AvgIpc) is 2.39. The van der Waals surface area contributed by atoms with Gasteiger partial charge in [-0.15, -0.1) is 0 Å². The van der Waals surface area contributed by atoms with Crippen LogP contribution >= 0.6 is 15.9 Å². The Bertz CT molecular complexity index is 410. The smallest absolute Gasteiger partial charge is 0.273 e. The van der Waals surface area contributed by atoms with Gasteiger partial charge in [-0.05, 0) is 28.4 Å². The third kappa shape index (κ3) is 6.05. The molecule has 0 unspecified atom stereocenters. The van der Waals surface area contributed by atoms with Crippen molar-refractivity contribution in [2.75, 3.05) is 6.61 Å². The number of non-ortho nitro benzene ring substituents is 1. The first-order valence-electron chi connectivity index (χ1n) is 6.72. The highest BCUT2D eigenvalue weighted by Crippen LogP contribution is 2.29. The molecule has 1 aromatic rings. The molecule has 0 N–H and O–H groups in total. The van der Waals surface area contributed by atoms with E-state index in [1.807, 2.05) is 0 Å². The number of ether oxygens (including phenoxy) is 1. The van der Waals surface area contributed by atoms with E-state index in [0.29, 0.717) is 12.4 Å². The number of unbranched alkanes of at least 4 members (excludes halogenated alkanes) is 5. The highest BCUT2D eigenvalue weighted by molar-refractivity contribution is 9.10. The van der Waals surface area contributed by atoms with Gasteiger partial charge in [0.1, 0.15) is 5.75 Å². The van der Waals surface area contributed by atoms with E-state index in [1.165, 1.54) is 37.8 Å². The number of rotatable bonds is 9. The van der Waals surface area contributed by atoms with Crippen molar-refractivity contribution >= 4 is 21.6 Å². The summed E-state index contributed by atoms with van der Waals surface area (Å²) in [7, 11) is 0. The Morgan fingerprint density at radius 2 is 1.89 bits per heavy atom. The normalized spacial score (nSPS) is 10.4. The summed E-state index contributed by atoms with van der Waals surface area (Å²) in [6.07, 6.45) is 7.17. The van der Waals surface area contributed by atoms with Gasteiger partial charge in [0.15, 0.2) is 0 Å². The summed E-state index contributed by atoms with van der Waals surface area (Å²) in [5, 5.41) is 10.7. The van der Waals surface area contributed by atoms with E-state index in [-0.39, 0.29) is 5.69 Å². The van der Waals surface area contributed by atoms with Crippen LogP contribution < -0.4 is 4.74 Å². The zero-order valence-electron chi connectivity index (χ0n) is 11.2. The molecule has 0 heterocycles. The van der Waals surface area contributed by atoms with Gasteiger partial charge in [-0.2, -0.15) is 0 Å². The maximum absolute atomic E-state index is 10.7. The van der Waals surface area contributed by atoms with E-state index < -0.39 is 4.92 Å². The average molecular weight is 330 g/mol. The van der Waals surface area contributed by atoms with Crippen LogP contribution in [0.5, 0.6) is 5.75 Å². The van der Waals surface area contributed by atoms with Crippen LogP contribution in [0, 0.1) is 10.1 Å². The van der Waals surface area contributed by atoms with E-state index >= 15 is 0 Å². The fraction of sp³-hybridized carbons (Fsp3) is 0.571. The van der Waals surface area contributed by atoms with E-state index in [4.69, 9.17) is 4.74 Å². The van der Waals surface area contributed by atoms with Crippen molar-refractivity contribution in [3.63, 3.8) is 0 Å². The Morgan fingerprint density at radius 1 is 1.21 bits per heavy atom. The number of benzene rings is 1. The Balaban J connectivity index is 2.32. The summed E-state index contributed by atoms with van der Waals surface area (Å²) < 4.78 is 6.34. The van der Waals surface area contributed by atoms with Gasteiger partial charge in [0.2, 0.25) is 0 Å². The van der Waals surface area contributed by atoms with Crippen molar-refractivity contribution in [2.24, 2.45) is 0 Å². The van der Waals surface area contributed by atoms with Crippen molar-refractivity contribution in [1.29, 1.82) is 0 Å². The molecular weight excluding hydrogens is 310 g/mol. The second-order valence-electron chi connectivity index (χ2n) is 4.49.